The normalized spacial score (nSPS) is 43.8. The smallest absolute Gasteiger partial charge is 0.0644 e. The van der Waals surface area contributed by atoms with E-state index in [-0.39, 0.29) is 0 Å². The molecule has 2 aliphatic carbocycles. The molecule has 50 valence electrons. The molecule has 0 aromatic rings. The highest BCUT2D eigenvalue weighted by Crippen LogP contribution is 2.68. The van der Waals surface area contributed by atoms with E-state index in [9.17, 15) is 0 Å². The maximum atomic E-state index is 5.29. The molecule has 0 radical (unpaired) electrons. The molecule has 0 heterocycles. The van der Waals surface area contributed by atoms with Crippen molar-refractivity contribution in [3.63, 3.8) is 0 Å². The van der Waals surface area contributed by atoms with E-state index < -0.39 is 0 Å². The highest BCUT2D eigenvalue weighted by Gasteiger charge is 2.63. The number of fused-ring (bicyclic) bond motifs is 1. The SMILES string of the molecule is C=CCOCC1C2CC12. The lowest BCUT2D eigenvalue weighted by molar-refractivity contribution is 0.137. The molecule has 0 amide bonds. The van der Waals surface area contributed by atoms with Crippen molar-refractivity contribution in [2.75, 3.05) is 13.2 Å². The fourth-order valence-corrected chi connectivity index (χ4v) is 1.45. The Morgan fingerprint density at radius 3 is 2.78 bits per heavy atom. The first-order valence-electron chi connectivity index (χ1n) is 3.62. The van der Waals surface area contributed by atoms with Gasteiger partial charge in [-0.1, -0.05) is 6.08 Å². The van der Waals surface area contributed by atoms with Crippen molar-refractivity contribution in [1.82, 2.24) is 0 Å². The Kier molecular flexibility index (Phi) is 1.12. The van der Waals surface area contributed by atoms with Gasteiger partial charge in [-0.15, -0.1) is 6.58 Å². The molecule has 9 heavy (non-hydrogen) atoms. The molecular formula is C8H12O. The zero-order valence-corrected chi connectivity index (χ0v) is 5.55. The fraction of sp³-hybridized carbons (Fsp3) is 0.750. The van der Waals surface area contributed by atoms with Gasteiger partial charge >= 0.3 is 0 Å². The molecule has 0 N–H and O–H groups in total. The molecule has 0 aromatic heterocycles. The van der Waals surface area contributed by atoms with Crippen LogP contribution in [0.5, 0.6) is 0 Å². The summed E-state index contributed by atoms with van der Waals surface area (Å²) in [6, 6.07) is 0. The first-order valence-corrected chi connectivity index (χ1v) is 3.62. The lowest BCUT2D eigenvalue weighted by Crippen LogP contribution is -2.01. The molecular weight excluding hydrogens is 112 g/mol. The van der Waals surface area contributed by atoms with Crippen molar-refractivity contribution in [1.29, 1.82) is 0 Å². The third-order valence-corrected chi connectivity index (χ3v) is 2.40. The molecule has 0 spiro atoms. The van der Waals surface area contributed by atoms with Gasteiger partial charge in [0.25, 0.3) is 0 Å². The molecule has 2 rings (SSSR count). The van der Waals surface area contributed by atoms with E-state index in [4.69, 9.17) is 4.74 Å². The van der Waals surface area contributed by atoms with Gasteiger partial charge in [-0.25, -0.2) is 0 Å². The summed E-state index contributed by atoms with van der Waals surface area (Å²) in [6.07, 6.45) is 3.30. The average molecular weight is 124 g/mol. The Morgan fingerprint density at radius 1 is 1.56 bits per heavy atom. The van der Waals surface area contributed by atoms with Crippen LogP contribution < -0.4 is 0 Å². The third kappa shape index (κ3) is 0.897. The lowest BCUT2D eigenvalue weighted by Gasteiger charge is -2.01. The second kappa shape index (κ2) is 1.84. The fourth-order valence-electron chi connectivity index (χ4n) is 1.45. The van der Waals surface area contributed by atoms with Crippen LogP contribution in [0.3, 0.4) is 0 Å². The molecule has 0 aromatic carbocycles. The maximum absolute atomic E-state index is 5.29. The van der Waals surface area contributed by atoms with Gasteiger partial charge in [-0.05, 0) is 24.2 Å². The van der Waals surface area contributed by atoms with Crippen LogP contribution in [0.15, 0.2) is 12.7 Å². The van der Waals surface area contributed by atoms with Crippen LogP contribution in [0.4, 0.5) is 0 Å². The van der Waals surface area contributed by atoms with E-state index in [0.29, 0.717) is 0 Å². The van der Waals surface area contributed by atoms with E-state index in [1.54, 1.807) is 0 Å². The van der Waals surface area contributed by atoms with Crippen LogP contribution >= 0.6 is 0 Å². The van der Waals surface area contributed by atoms with Crippen molar-refractivity contribution < 1.29 is 4.74 Å². The molecule has 0 saturated heterocycles. The van der Waals surface area contributed by atoms with Crippen molar-refractivity contribution in [3.05, 3.63) is 12.7 Å². The van der Waals surface area contributed by atoms with Crippen LogP contribution in [0.25, 0.3) is 0 Å². The highest BCUT2D eigenvalue weighted by molar-refractivity contribution is 5.11. The molecule has 2 unspecified atom stereocenters. The zero-order chi connectivity index (χ0) is 6.27. The topological polar surface area (TPSA) is 9.23 Å². The standard InChI is InChI=1S/C8H12O/c1-2-3-9-5-8-6-4-7(6)8/h2,6-8H,1,3-5H2. The molecule has 0 bridgehead atoms. The minimum absolute atomic E-state index is 0.732. The minimum Gasteiger partial charge on any atom is -0.377 e. The number of ether oxygens (including phenoxy) is 1. The summed E-state index contributed by atoms with van der Waals surface area (Å²) in [7, 11) is 0. The second-order valence-electron chi connectivity index (χ2n) is 3.05. The summed E-state index contributed by atoms with van der Waals surface area (Å²) >= 11 is 0. The van der Waals surface area contributed by atoms with Crippen LogP contribution in [-0.4, -0.2) is 13.2 Å². The Labute approximate surface area is 55.7 Å². The van der Waals surface area contributed by atoms with E-state index >= 15 is 0 Å². The van der Waals surface area contributed by atoms with E-state index in [2.05, 4.69) is 6.58 Å². The van der Waals surface area contributed by atoms with Gasteiger partial charge in [0.05, 0.1) is 13.2 Å². The quantitative estimate of drug-likeness (QED) is 0.407. The lowest BCUT2D eigenvalue weighted by atomic mass is 10.2. The highest BCUT2D eigenvalue weighted by atomic mass is 16.5. The molecule has 1 nitrogen and oxygen atoms in total. The first kappa shape index (κ1) is 5.48. The van der Waals surface area contributed by atoms with Crippen molar-refractivity contribution in [3.8, 4) is 0 Å². The van der Waals surface area contributed by atoms with Gasteiger partial charge in [0, 0.05) is 0 Å². The monoisotopic (exact) mass is 124 g/mol. The van der Waals surface area contributed by atoms with Gasteiger partial charge in [0.2, 0.25) is 0 Å². The Morgan fingerprint density at radius 2 is 2.33 bits per heavy atom. The van der Waals surface area contributed by atoms with Gasteiger partial charge in [0.1, 0.15) is 0 Å². The summed E-state index contributed by atoms with van der Waals surface area (Å²) in [5.74, 6) is 3.11. The predicted octanol–water partition coefficient (Wildman–Crippen LogP) is 1.45. The Hall–Kier alpha value is -0.300. The second-order valence-corrected chi connectivity index (χ2v) is 3.05. The maximum Gasteiger partial charge on any atom is 0.0644 e. The number of hydrogen-bond donors (Lipinski definition) is 0. The number of rotatable bonds is 4. The van der Waals surface area contributed by atoms with Gasteiger partial charge < -0.3 is 4.74 Å². The molecule has 1 heteroatoms. The van der Waals surface area contributed by atoms with Gasteiger partial charge in [-0.2, -0.15) is 0 Å². The van der Waals surface area contributed by atoms with E-state index in [0.717, 1.165) is 31.0 Å². The Bertz CT molecular complexity index is 123. The van der Waals surface area contributed by atoms with Crippen molar-refractivity contribution in [2.45, 2.75) is 6.42 Å². The minimum atomic E-state index is 0.732. The third-order valence-electron chi connectivity index (χ3n) is 2.40. The summed E-state index contributed by atoms with van der Waals surface area (Å²) in [5.41, 5.74) is 0. The van der Waals surface area contributed by atoms with Crippen molar-refractivity contribution >= 4 is 0 Å². The molecule has 0 aliphatic heterocycles. The first-order chi connectivity index (χ1) is 4.43. The summed E-state index contributed by atoms with van der Waals surface area (Å²) in [5, 5.41) is 0. The molecule has 2 aliphatic rings. The molecule has 2 saturated carbocycles. The molecule has 2 atom stereocenters. The summed E-state index contributed by atoms with van der Waals surface area (Å²) < 4.78 is 5.29. The summed E-state index contributed by atoms with van der Waals surface area (Å²) in [6.45, 7) is 5.30. The largest absolute Gasteiger partial charge is 0.377 e. The van der Waals surface area contributed by atoms with Crippen LogP contribution in [0, 0.1) is 17.8 Å². The summed E-state index contributed by atoms with van der Waals surface area (Å²) in [4.78, 5) is 0. The zero-order valence-electron chi connectivity index (χ0n) is 5.55. The van der Waals surface area contributed by atoms with Gasteiger partial charge in [0.15, 0.2) is 0 Å². The average Bonchev–Trinajstić information content (AvgIpc) is 2.64. The molecule has 2 fully saturated rings. The van der Waals surface area contributed by atoms with E-state index in [1.807, 2.05) is 6.08 Å². The predicted molar refractivity (Wildman–Crippen MR) is 36.1 cm³/mol. The van der Waals surface area contributed by atoms with Crippen LogP contribution in [-0.2, 0) is 4.74 Å². The van der Waals surface area contributed by atoms with Crippen molar-refractivity contribution in [2.24, 2.45) is 17.8 Å². The van der Waals surface area contributed by atoms with Crippen LogP contribution in [0.2, 0.25) is 0 Å². The Balaban J connectivity index is 1.53. The van der Waals surface area contributed by atoms with Crippen LogP contribution in [0.1, 0.15) is 6.42 Å². The number of hydrogen-bond acceptors (Lipinski definition) is 1. The van der Waals surface area contributed by atoms with Gasteiger partial charge in [-0.3, -0.25) is 0 Å². The van der Waals surface area contributed by atoms with E-state index in [1.165, 1.54) is 6.42 Å².